The fourth-order valence-electron chi connectivity index (χ4n) is 5.01. The minimum absolute atomic E-state index is 0.875. The summed E-state index contributed by atoms with van der Waals surface area (Å²) in [5.74, 6) is 0.875. The van der Waals surface area contributed by atoms with Gasteiger partial charge in [-0.15, -0.1) is 0 Å². The van der Waals surface area contributed by atoms with Crippen LogP contribution in [-0.2, 0) is 26.1 Å². The zero-order chi connectivity index (χ0) is 17.5. The topological polar surface area (TPSA) is 36.9 Å². The molecule has 1 aliphatic heterocycles. The number of imidazole rings is 1. The van der Waals surface area contributed by atoms with Crippen LogP contribution in [0.3, 0.4) is 0 Å². The highest BCUT2D eigenvalue weighted by Crippen LogP contribution is 2.34. The second kappa shape index (κ2) is 6.58. The van der Waals surface area contributed by atoms with Gasteiger partial charge in [0, 0.05) is 54.9 Å². The van der Waals surface area contributed by atoms with Crippen molar-refractivity contribution in [1.29, 1.82) is 0 Å². The number of H-pyrrole nitrogens is 1. The zero-order valence-corrected chi connectivity index (χ0v) is 15.7. The van der Waals surface area contributed by atoms with Gasteiger partial charge in [-0.2, -0.15) is 0 Å². The lowest BCUT2D eigenvalue weighted by Gasteiger charge is -2.28. The summed E-state index contributed by atoms with van der Waals surface area (Å²) in [6.07, 6.45) is 8.62. The number of hydrogen-bond donors (Lipinski definition) is 1. The number of nitrogens with one attached hydrogen (secondary N) is 1. The Labute approximate surface area is 155 Å². The van der Waals surface area contributed by atoms with Gasteiger partial charge in [0.15, 0.2) is 0 Å². The van der Waals surface area contributed by atoms with E-state index in [-0.39, 0.29) is 0 Å². The van der Waals surface area contributed by atoms with Crippen molar-refractivity contribution in [2.75, 3.05) is 6.54 Å². The van der Waals surface area contributed by atoms with Crippen LogP contribution >= 0.6 is 0 Å². The molecule has 0 atom stereocenters. The Morgan fingerprint density at radius 1 is 1.19 bits per heavy atom. The first kappa shape index (κ1) is 16.1. The van der Waals surface area contributed by atoms with E-state index in [2.05, 4.69) is 50.6 Å². The van der Waals surface area contributed by atoms with Gasteiger partial charge in [0.1, 0.15) is 0 Å². The van der Waals surface area contributed by atoms with Gasteiger partial charge in [-0.25, -0.2) is 4.98 Å². The molecule has 4 heteroatoms. The Morgan fingerprint density at radius 3 is 2.85 bits per heavy atom. The molecule has 1 fully saturated rings. The van der Waals surface area contributed by atoms with E-state index in [1.165, 1.54) is 54.5 Å². The maximum Gasteiger partial charge on any atom is 0.0925 e. The van der Waals surface area contributed by atoms with E-state index in [0.29, 0.717) is 0 Å². The molecule has 1 aromatic carbocycles. The fraction of sp³-hybridized carbons (Fsp3) is 0.500. The SMILES string of the molecule is Cc1[nH]cnc1CN1CCc2c(c3ccccc3n2CC2CCCC2)C1. The summed E-state index contributed by atoms with van der Waals surface area (Å²) < 4.78 is 2.66. The van der Waals surface area contributed by atoms with E-state index in [9.17, 15) is 0 Å². The number of fused-ring (bicyclic) bond motifs is 3. The molecule has 3 heterocycles. The summed E-state index contributed by atoms with van der Waals surface area (Å²) in [6, 6.07) is 9.04. The summed E-state index contributed by atoms with van der Waals surface area (Å²) in [5, 5.41) is 1.46. The number of nitrogens with zero attached hydrogens (tertiary/aromatic N) is 3. The predicted molar refractivity (Wildman–Crippen MR) is 105 cm³/mol. The Bertz CT molecular complexity index is 914. The lowest BCUT2D eigenvalue weighted by molar-refractivity contribution is 0.239. The van der Waals surface area contributed by atoms with Gasteiger partial charge in [-0.3, -0.25) is 4.90 Å². The standard InChI is InChI=1S/C22H28N4/c1-16-20(24-15-23-16)14-25-11-10-22-19(13-25)18-8-4-5-9-21(18)26(22)12-17-6-2-3-7-17/h4-5,8-9,15,17H,2-3,6-7,10-14H2,1H3,(H,23,24). The highest BCUT2D eigenvalue weighted by atomic mass is 15.2. The molecular weight excluding hydrogens is 320 g/mol. The smallest absolute Gasteiger partial charge is 0.0925 e. The lowest BCUT2D eigenvalue weighted by atomic mass is 10.0. The van der Waals surface area contributed by atoms with Crippen molar-refractivity contribution in [3.8, 4) is 0 Å². The van der Waals surface area contributed by atoms with Crippen molar-refractivity contribution in [3.05, 3.63) is 53.2 Å². The van der Waals surface area contributed by atoms with Gasteiger partial charge >= 0.3 is 0 Å². The monoisotopic (exact) mass is 348 g/mol. The summed E-state index contributed by atoms with van der Waals surface area (Å²) in [6.45, 7) is 6.44. The Hall–Kier alpha value is -2.07. The zero-order valence-electron chi connectivity index (χ0n) is 15.7. The minimum Gasteiger partial charge on any atom is -0.348 e. The first-order chi connectivity index (χ1) is 12.8. The number of aryl methyl sites for hydroxylation is 1. The molecule has 26 heavy (non-hydrogen) atoms. The molecule has 5 rings (SSSR count). The van der Waals surface area contributed by atoms with Gasteiger partial charge in [0.25, 0.3) is 0 Å². The van der Waals surface area contributed by atoms with Crippen molar-refractivity contribution in [2.24, 2.45) is 5.92 Å². The minimum atomic E-state index is 0.875. The average molecular weight is 348 g/mol. The van der Waals surface area contributed by atoms with E-state index < -0.39 is 0 Å². The first-order valence-electron chi connectivity index (χ1n) is 10.1. The number of benzene rings is 1. The second-order valence-electron chi connectivity index (χ2n) is 8.14. The van der Waals surface area contributed by atoms with Crippen LogP contribution in [0.1, 0.15) is 48.3 Å². The first-order valence-corrected chi connectivity index (χ1v) is 10.1. The summed E-state index contributed by atoms with van der Waals surface area (Å²) in [7, 11) is 0. The summed E-state index contributed by atoms with van der Waals surface area (Å²) in [5.41, 5.74) is 6.97. The van der Waals surface area contributed by atoms with Crippen LogP contribution in [0.25, 0.3) is 10.9 Å². The molecular formula is C22H28N4. The number of aromatic nitrogens is 3. The molecule has 2 aliphatic rings. The molecule has 0 unspecified atom stereocenters. The molecule has 1 N–H and O–H groups in total. The summed E-state index contributed by atoms with van der Waals surface area (Å²) in [4.78, 5) is 10.3. The van der Waals surface area contributed by atoms with E-state index >= 15 is 0 Å². The Morgan fingerprint density at radius 2 is 2.04 bits per heavy atom. The van der Waals surface area contributed by atoms with Crippen LogP contribution in [-0.4, -0.2) is 26.0 Å². The molecule has 0 bridgehead atoms. The number of aromatic amines is 1. The molecule has 136 valence electrons. The third-order valence-electron chi connectivity index (χ3n) is 6.46. The quantitative estimate of drug-likeness (QED) is 0.758. The molecule has 0 spiro atoms. The number of hydrogen-bond acceptors (Lipinski definition) is 2. The highest BCUT2D eigenvalue weighted by Gasteiger charge is 2.26. The van der Waals surface area contributed by atoms with E-state index in [4.69, 9.17) is 0 Å². The van der Waals surface area contributed by atoms with Crippen molar-refractivity contribution in [3.63, 3.8) is 0 Å². The molecule has 3 aromatic rings. The maximum atomic E-state index is 4.50. The Balaban J connectivity index is 1.47. The lowest BCUT2D eigenvalue weighted by Crippen LogP contribution is -2.31. The van der Waals surface area contributed by atoms with E-state index in [1.54, 1.807) is 11.3 Å². The van der Waals surface area contributed by atoms with Gasteiger partial charge in [-0.05, 0) is 37.3 Å². The van der Waals surface area contributed by atoms with Crippen LogP contribution in [0.15, 0.2) is 30.6 Å². The van der Waals surface area contributed by atoms with E-state index in [0.717, 1.165) is 32.0 Å². The van der Waals surface area contributed by atoms with Crippen molar-refractivity contribution in [1.82, 2.24) is 19.4 Å². The highest BCUT2D eigenvalue weighted by molar-refractivity contribution is 5.85. The van der Waals surface area contributed by atoms with Crippen LogP contribution in [0.2, 0.25) is 0 Å². The third kappa shape index (κ3) is 2.77. The molecule has 0 amide bonds. The number of rotatable bonds is 4. The summed E-state index contributed by atoms with van der Waals surface area (Å²) >= 11 is 0. The average Bonchev–Trinajstić information content (AvgIpc) is 3.38. The van der Waals surface area contributed by atoms with Crippen molar-refractivity contribution in [2.45, 2.75) is 58.7 Å². The van der Waals surface area contributed by atoms with Crippen LogP contribution in [0.5, 0.6) is 0 Å². The molecule has 0 saturated heterocycles. The molecule has 4 nitrogen and oxygen atoms in total. The van der Waals surface area contributed by atoms with Crippen LogP contribution in [0, 0.1) is 12.8 Å². The second-order valence-corrected chi connectivity index (χ2v) is 8.14. The van der Waals surface area contributed by atoms with E-state index in [1.807, 2.05) is 6.33 Å². The maximum absolute atomic E-state index is 4.50. The molecule has 1 aliphatic carbocycles. The Kier molecular flexibility index (Phi) is 4.08. The molecule has 2 aromatic heterocycles. The van der Waals surface area contributed by atoms with Crippen LogP contribution in [0.4, 0.5) is 0 Å². The molecule has 1 saturated carbocycles. The van der Waals surface area contributed by atoms with Gasteiger partial charge < -0.3 is 9.55 Å². The van der Waals surface area contributed by atoms with Crippen molar-refractivity contribution < 1.29 is 0 Å². The normalized spacial score (nSPS) is 18.7. The van der Waals surface area contributed by atoms with Gasteiger partial charge in [-0.1, -0.05) is 31.0 Å². The van der Waals surface area contributed by atoms with Gasteiger partial charge in [0.2, 0.25) is 0 Å². The predicted octanol–water partition coefficient (Wildman–Crippen LogP) is 4.42. The number of para-hydroxylation sites is 1. The van der Waals surface area contributed by atoms with Crippen molar-refractivity contribution >= 4 is 10.9 Å². The van der Waals surface area contributed by atoms with Crippen LogP contribution < -0.4 is 0 Å². The largest absolute Gasteiger partial charge is 0.348 e. The molecule has 0 radical (unpaired) electrons. The third-order valence-corrected chi connectivity index (χ3v) is 6.46. The van der Waals surface area contributed by atoms with Gasteiger partial charge in [0.05, 0.1) is 12.0 Å². The fourth-order valence-corrected chi connectivity index (χ4v) is 5.01.